The Bertz CT molecular complexity index is 431. The molecule has 1 rings (SSSR count). The molecule has 0 fully saturated rings. The van der Waals surface area contributed by atoms with E-state index in [1.165, 1.54) is 6.07 Å². The molecule has 0 aliphatic rings. The molecule has 72 valence electrons. The Morgan fingerprint density at radius 2 is 1.71 bits per heavy atom. The van der Waals surface area contributed by atoms with E-state index in [-0.39, 0.29) is 0 Å². The van der Waals surface area contributed by atoms with Gasteiger partial charge in [-0.1, -0.05) is 0 Å². The Hall–Kier alpha value is -1.83. The van der Waals surface area contributed by atoms with Crippen molar-refractivity contribution in [1.29, 1.82) is 5.26 Å². The molecule has 0 amide bonds. The average molecular weight is 201 g/mol. The van der Waals surface area contributed by atoms with Crippen LogP contribution in [0.4, 0.5) is 17.6 Å². The quantitative estimate of drug-likeness (QED) is 0.296. The van der Waals surface area contributed by atoms with Crippen LogP contribution in [0.5, 0.6) is 0 Å². The van der Waals surface area contributed by atoms with Gasteiger partial charge in [0.1, 0.15) is 0 Å². The summed E-state index contributed by atoms with van der Waals surface area (Å²) in [5.41, 5.74) is -0.511. The number of benzene rings is 1. The molecule has 1 aromatic carbocycles. The number of rotatable bonds is 1. The van der Waals surface area contributed by atoms with Crippen LogP contribution in [0.1, 0.15) is 5.56 Å². The van der Waals surface area contributed by atoms with Crippen molar-refractivity contribution in [3.05, 3.63) is 41.0 Å². The van der Waals surface area contributed by atoms with Crippen molar-refractivity contribution in [2.45, 2.75) is 0 Å². The van der Waals surface area contributed by atoms with Crippen molar-refractivity contribution in [2.24, 2.45) is 0 Å². The van der Waals surface area contributed by atoms with Crippen LogP contribution >= 0.6 is 0 Å². The summed E-state index contributed by atoms with van der Waals surface area (Å²) in [6.07, 6.45) is 1.68. The first-order valence-corrected chi connectivity index (χ1v) is 3.47. The van der Waals surface area contributed by atoms with Gasteiger partial charge in [0.05, 0.1) is 6.07 Å². The maximum absolute atomic E-state index is 12.8. The summed E-state index contributed by atoms with van der Waals surface area (Å²) in [7, 11) is 0. The van der Waals surface area contributed by atoms with Gasteiger partial charge in [-0.15, -0.1) is 0 Å². The van der Waals surface area contributed by atoms with E-state index in [4.69, 9.17) is 5.26 Å². The Morgan fingerprint density at radius 3 is 2.29 bits per heavy atom. The van der Waals surface area contributed by atoms with Crippen LogP contribution in [-0.2, 0) is 0 Å². The summed E-state index contributed by atoms with van der Waals surface area (Å²) in [4.78, 5) is 0. The molecule has 14 heavy (non-hydrogen) atoms. The van der Waals surface area contributed by atoms with Crippen LogP contribution in [0.3, 0.4) is 0 Å². The monoisotopic (exact) mass is 201 g/mol. The van der Waals surface area contributed by atoms with Crippen molar-refractivity contribution in [2.75, 3.05) is 0 Å². The van der Waals surface area contributed by atoms with Crippen LogP contribution in [0.25, 0.3) is 6.08 Å². The van der Waals surface area contributed by atoms with Crippen molar-refractivity contribution >= 4 is 6.08 Å². The number of nitrogens with zero attached hydrogens (tertiary/aromatic N) is 1. The average Bonchev–Trinajstić information content (AvgIpc) is 2.18. The van der Waals surface area contributed by atoms with Gasteiger partial charge < -0.3 is 0 Å². The molecule has 0 heterocycles. The molecule has 0 aliphatic heterocycles. The Morgan fingerprint density at radius 1 is 1.07 bits per heavy atom. The molecule has 0 saturated carbocycles. The second-order valence-electron chi connectivity index (χ2n) is 2.35. The van der Waals surface area contributed by atoms with Gasteiger partial charge in [0, 0.05) is 11.6 Å². The third kappa shape index (κ3) is 1.74. The minimum absolute atomic E-state index is 0.474. The van der Waals surface area contributed by atoms with Gasteiger partial charge in [0.2, 0.25) is 0 Å². The van der Waals surface area contributed by atoms with Gasteiger partial charge in [0.25, 0.3) is 0 Å². The van der Waals surface area contributed by atoms with Crippen molar-refractivity contribution in [1.82, 2.24) is 0 Å². The van der Waals surface area contributed by atoms with E-state index in [0.29, 0.717) is 6.07 Å². The molecule has 0 saturated heterocycles. The first kappa shape index (κ1) is 10.3. The van der Waals surface area contributed by atoms with Gasteiger partial charge in [-0.3, -0.25) is 0 Å². The van der Waals surface area contributed by atoms with E-state index < -0.39 is 28.8 Å². The number of halogens is 4. The van der Waals surface area contributed by atoms with Crippen molar-refractivity contribution in [3.63, 3.8) is 0 Å². The Kier molecular flexibility index (Phi) is 2.87. The topological polar surface area (TPSA) is 23.8 Å². The molecule has 0 aliphatic carbocycles. The Labute approximate surface area is 76.9 Å². The van der Waals surface area contributed by atoms with Gasteiger partial charge in [-0.2, -0.15) is 5.26 Å². The number of hydrogen-bond acceptors (Lipinski definition) is 1. The molecule has 0 aromatic heterocycles. The highest BCUT2D eigenvalue weighted by molar-refractivity contribution is 5.52. The maximum atomic E-state index is 12.8. The fourth-order valence-corrected chi connectivity index (χ4v) is 0.839. The predicted molar refractivity (Wildman–Crippen MR) is 40.9 cm³/mol. The molecule has 1 nitrogen and oxygen atoms in total. The Balaban J connectivity index is 3.35. The normalized spacial score (nSPS) is 10.5. The van der Waals surface area contributed by atoms with E-state index in [2.05, 4.69) is 0 Å². The molecular weight excluding hydrogens is 198 g/mol. The third-order valence-corrected chi connectivity index (χ3v) is 1.47. The highest BCUT2D eigenvalue weighted by Crippen LogP contribution is 2.19. The fraction of sp³-hybridized carbons (Fsp3) is 0. The van der Waals surface area contributed by atoms with Crippen LogP contribution < -0.4 is 0 Å². The second kappa shape index (κ2) is 3.92. The van der Waals surface area contributed by atoms with E-state index in [9.17, 15) is 17.6 Å². The highest BCUT2D eigenvalue weighted by Gasteiger charge is 2.16. The molecule has 0 spiro atoms. The summed E-state index contributed by atoms with van der Waals surface area (Å²) in [5, 5.41) is 8.09. The smallest absolute Gasteiger partial charge is 0.198 e. The van der Waals surface area contributed by atoms with E-state index in [1.54, 1.807) is 0 Å². The second-order valence-corrected chi connectivity index (χ2v) is 2.35. The van der Waals surface area contributed by atoms with E-state index in [1.807, 2.05) is 0 Å². The lowest BCUT2D eigenvalue weighted by Crippen LogP contribution is -1.97. The molecule has 0 N–H and O–H groups in total. The summed E-state index contributed by atoms with van der Waals surface area (Å²) in [5.74, 6) is -6.77. The fourth-order valence-electron chi connectivity index (χ4n) is 0.839. The van der Waals surface area contributed by atoms with Crippen molar-refractivity contribution in [3.8, 4) is 6.07 Å². The molecule has 5 heteroatoms. The summed E-state index contributed by atoms with van der Waals surface area (Å²) in [6, 6.07) is 1.98. The zero-order chi connectivity index (χ0) is 10.7. The first-order chi connectivity index (χ1) is 6.57. The SMILES string of the molecule is N#C/C=C/c1cc(F)c(F)c(F)c1F. The number of allylic oxidation sites excluding steroid dienone is 1. The van der Waals surface area contributed by atoms with E-state index in [0.717, 1.165) is 12.2 Å². The minimum Gasteiger partial charge on any atom is -0.204 e. The molecule has 0 unspecified atom stereocenters. The lowest BCUT2D eigenvalue weighted by molar-refractivity contribution is 0.408. The van der Waals surface area contributed by atoms with Gasteiger partial charge in [-0.05, 0) is 12.1 Å². The molecule has 0 atom stereocenters. The number of hydrogen-bond donors (Lipinski definition) is 0. The molecule has 0 bridgehead atoms. The summed E-state index contributed by atoms with van der Waals surface area (Å²) < 4.78 is 50.4. The highest BCUT2D eigenvalue weighted by atomic mass is 19.2. The molecular formula is C9H3F4N. The maximum Gasteiger partial charge on any atom is 0.198 e. The van der Waals surface area contributed by atoms with Crippen LogP contribution in [0, 0.1) is 34.6 Å². The zero-order valence-corrected chi connectivity index (χ0v) is 6.69. The largest absolute Gasteiger partial charge is 0.204 e. The van der Waals surface area contributed by atoms with Crippen LogP contribution in [-0.4, -0.2) is 0 Å². The van der Waals surface area contributed by atoms with Gasteiger partial charge >= 0.3 is 0 Å². The zero-order valence-electron chi connectivity index (χ0n) is 6.69. The van der Waals surface area contributed by atoms with Gasteiger partial charge in [0.15, 0.2) is 23.3 Å². The lowest BCUT2D eigenvalue weighted by Gasteiger charge is -2.00. The van der Waals surface area contributed by atoms with Crippen LogP contribution in [0.2, 0.25) is 0 Å². The molecule has 1 aromatic rings. The standard InChI is InChI=1S/C9H3F4N/c10-6-4-5(2-1-3-14)7(11)9(13)8(6)12/h1-2,4H/b2-1+. The van der Waals surface area contributed by atoms with Gasteiger partial charge in [-0.25, -0.2) is 17.6 Å². The lowest BCUT2D eigenvalue weighted by atomic mass is 10.2. The third-order valence-electron chi connectivity index (χ3n) is 1.47. The van der Waals surface area contributed by atoms with E-state index >= 15 is 0 Å². The first-order valence-electron chi connectivity index (χ1n) is 3.47. The van der Waals surface area contributed by atoms with Crippen molar-refractivity contribution < 1.29 is 17.6 Å². The summed E-state index contributed by atoms with van der Waals surface area (Å²) >= 11 is 0. The number of nitriles is 1. The van der Waals surface area contributed by atoms with Crippen LogP contribution in [0.15, 0.2) is 12.1 Å². The molecule has 0 radical (unpaired) electrons. The minimum atomic E-state index is -1.89. The predicted octanol–water partition coefficient (Wildman–Crippen LogP) is 2.78. The summed E-state index contributed by atoms with van der Waals surface area (Å²) in [6.45, 7) is 0.